The van der Waals surface area contributed by atoms with Gasteiger partial charge in [-0.25, -0.2) is 8.42 Å². The molecule has 2 aromatic carbocycles. The maximum absolute atomic E-state index is 12.6. The van der Waals surface area contributed by atoms with E-state index in [1.807, 2.05) is 0 Å². The minimum Gasteiger partial charge on any atom is -0.277 e. The largest absolute Gasteiger partial charge is 0.416 e. The molecule has 0 atom stereocenters. The second-order valence-electron chi connectivity index (χ2n) is 5.01. The monoisotopic (exact) mass is 352 g/mol. The number of sulfonamides is 1. The average Bonchev–Trinajstić information content (AvgIpc) is 2.54. The van der Waals surface area contributed by atoms with Crippen LogP contribution in [0.2, 0.25) is 0 Å². The number of aromatic nitrogens is 1. The molecule has 0 bridgehead atoms. The van der Waals surface area contributed by atoms with E-state index in [2.05, 4.69) is 9.71 Å². The topological polar surface area (TPSA) is 59.1 Å². The van der Waals surface area contributed by atoms with E-state index >= 15 is 0 Å². The number of rotatable bonds is 3. The van der Waals surface area contributed by atoms with E-state index in [-0.39, 0.29) is 10.6 Å². The number of nitrogens with one attached hydrogen (secondary N) is 1. The van der Waals surface area contributed by atoms with Crippen molar-refractivity contribution in [3.05, 3.63) is 66.4 Å². The van der Waals surface area contributed by atoms with E-state index in [1.165, 1.54) is 12.3 Å². The van der Waals surface area contributed by atoms with Crippen LogP contribution in [0, 0.1) is 0 Å². The number of halogens is 3. The third kappa shape index (κ3) is 3.18. The van der Waals surface area contributed by atoms with Gasteiger partial charge in [-0.1, -0.05) is 18.2 Å². The fourth-order valence-electron chi connectivity index (χ4n) is 2.21. The number of anilines is 1. The van der Waals surface area contributed by atoms with Crippen molar-refractivity contribution in [1.29, 1.82) is 0 Å². The number of nitrogens with zero attached hydrogens (tertiary/aromatic N) is 1. The number of alkyl halides is 3. The van der Waals surface area contributed by atoms with Crippen LogP contribution >= 0.6 is 0 Å². The van der Waals surface area contributed by atoms with Crippen LogP contribution in [-0.4, -0.2) is 13.4 Å². The van der Waals surface area contributed by atoms with Crippen molar-refractivity contribution in [3.63, 3.8) is 0 Å². The van der Waals surface area contributed by atoms with Crippen LogP contribution in [-0.2, 0) is 16.2 Å². The molecule has 4 nitrogen and oxygen atoms in total. The van der Waals surface area contributed by atoms with Crippen molar-refractivity contribution in [1.82, 2.24) is 4.98 Å². The Kier molecular flexibility index (Phi) is 3.92. The lowest BCUT2D eigenvalue weighted by molar-refractivity contribution is -0.137. The van der Waals surface area contributed by atoms with Crippen LogP contribution < -0.4 is 4.72 Å². The fraction of sp³-hybridized carbons (Fsp3) is 0.0625. The Bertz CT molecular complexity index is 979. The van der Waals surface area contributed by atoms with Gasteiger partial charge in [0.15, 0.2) is 0 Å². The fourth-order valence-corrected chi connectivity index (χ4v) is 3.28. The van der Waals surface area contributed by atoms with E-state index in [0.29, 0.717) is 5.52 Å². The number of hydrogen-bond donors (Lipinski definition) is 1. The van der Waals surface area contributed by atoms with Gasteiger partial charge in [0, 0.05) is 11.6 Å². The van der Waals surface area contributed by atoms with Gasteiger partial charge in [0.1, 0.15) is 0 Å². The Labute approximate surface area is 136 Å². The van der Waals surface area contributed by atoms with E-state index in [4.69, 9.17) is 0 Å². The molecule has 0 aliphatic rings. The third-order valence-corrected chi connectivity index (χ3v) is 4.75. The molecule has 0 saturated carbocycles. The van der Waals surface area contributed by atoms with Crippen molar-refractivity contribution in [3.8, 4) is 0 Å². The zero-order valence-electron chi connectivity index (χ0n) is 12.1. The molecule has 3 rings (SSSR count). The van der Waals surface area contributed by atoms with E-state index < -0.39 is 21.8 Å². The van der Waals surface area contributed by atoms with Crippen LogP contribution in [0.5, 0.6) is 0 Å². The number of benzene rings is 2. The number of hydrogen-bond acceptors (Lipinski definition) is 3. The Morgan fingerprint density at radius 1 is 0.917 bits per heavy atom. The van der Waals surface area contributed by atoms with E-state index in [9.17, 15) is 21.6 Å². The van der Waals surface area contributed by atoms with Crippen LogP contribution in [0.1, 0.15) is 5.56 Å². The lowest BCUT2D eigenvalue weighted by Crippen LogP contribution is -2.14. The summed E-state index contributed by atoms with van der Waals surface area (Å²) in [6, 6.07) is 11.8. The molecule has 124 valence electrons. The number of fused-ring (bicyclic) bond motifs is 1. The number of pyridine rings is 1. The Morgan fingerprint density at radius 2 is 1.58 bits per heavy atom. The molecule has 0 unspecified atom stereocenters. The Morgan fingerprint density at radius 3 is 2.25 bits per heavy atom. The molecule has 24 heavy (non-hydrogen) atoms. The highest BCUT2D eigenvalue weighted by atomic mass is 32.2. The summed E-state index contributed by atoms with van der Waals surface area (Å²) in [5.74, 6) is 0. The highest BCUT2D eigenvalue weighted by molar-refractivity contribution is 7.92. The van der Waals surface area contributed by atoms with E-state index in [1.54, 1.807) is 24.3 Å². The molecule has 1 heterocycles. The summed E-state index contributed by atoms with van der Waals surface area (Å²) in [4.78, 5) is 3.87. The van der Waals surface area contributed by atoms with Crippen molar-refractivity contribution >= 4 is 26.6 Å². The zero-order valence-corrected chi connectivity index (χ0v) is 12.9. The average molecular weight is 352 g/mol. The molecule has 0 fully saturated rings. The molecule has 0 radical (unpaired) electrons. The second-order valence-corrected chi connectivity index (χ2v) is 6.69. The third-order valence-electron chi connectivity index (χ3n) is 3.37. The first-order chi connectivity index (χ1) is 11.3. The lowest BCUT2D eigenvalue weighted by Gasteiger charge is -2.11. The van der Waals surface area contributed by atoms with Gasteiger partial charge >= 0.3 is 6.18 Å². The molecule has 3 aromatic rings. The second kappa shape index (κ2) is 5.79. The molecule has 0 amide bonds. The summed E-state index contributed by atoms with van der Waals surface area (Å²) in [5, 5.41) is 0.741. The van der Waals surface area contributed by atoms with Gasteiger partial charge in [-0.3, -0.25) is 9.71 Å². The van der Waals surface area contributed by atoms with Gasteiger partial charge in [-0.15, -0.1) is 0 Å². The highest BCUT2D eigenvalue weighted by Gasteiger charge is 2.30. The Hall–Kier alpha value is -2.61. The van der Waals surface area contributed by atoms with Gasteiger partial charge in [-0.05, 0) is 36.4 Å². The first-order valence-electron chi connectivity index (χ1n) is 6.81. The lowest BCUT2D eigenvalue weighted by atomic mass is 10.2. The van der Waals surface area contributed by atoms with Crippen LogP contribution in [0.3, 0.4) is 0 Å². The first kappa shape index (κ1) is 16.3. The molecule has 0 saturated heterocycles. The van der Waals surface area contributed by atoms with E-state index in [0.717, 1.165) is 29.7 Å². The minimum absolute atomic E-state index is 0.257. The molecular formula is C16H11F3N2O2S. The van der Waals surface area contributed by atoms with Crippen LogP contribution in [0.4, 0.5) is 18.9 Å². The van der Waals surface area contributed by atoms with Crippen molar-refractivity contribution in [2.24, 2.45) is 0 Å². The predicted molar refractivity (Wildman–Crippen MR) is 84.0 cm³/mol. The standard InChI is InChI=1S/C16H11F3N2O2S/c17-16(18,19)12-6-8-13(9-7-12)24(22,23)21-14-5-1-3-11-4-2-10-20-15(11)14/h1-10,21H. The summed E-state index contributed by atoms with van der Waals surface area (Å²) in [7, 11) is -4.02. The number of para-hydroxylation sites is 1. The summed E-state index contributed by atoms with van der Waals surface area (Å²) >= 11 is 0. The minimum atomic E-state index is -4.52. The molecular weight excluding hydrogens is 341 g/mol. The molecule has 0 aliphatic heterocycles. The maximum Gasteiger partial charge on any atom is 0.416 e. The van der Waals surface area contributed by atoms with Gasteiger partial charge in [0.2, 0.25) is 0 Å². The quantitative estimate of drug-likeness (QED) is 0.773. The Balaban J connectivity index is 1.96. The van der Waals surface area contributed by atoms with Crippen molar-refractivity contribution in [2.45, 2.75) is 11.1 Å². The highest BCUT2D eigenvalue weighted by Crippen LogP contribution is 2.30. The smallest absolute Gasteiger partial charge is 0.277 e. The van der Waals surface area contributed by atoms with Gasteiger partial charge in [0.05, 0.1) is 21.7 Å². The normalized spacial score (nSPS) is 12.3. The van der Waals surface area contributed by atoms with Crippen molar-refractivity contribution in [2.75, 3.05) is 4.72 Å². The van der Waals surface area contributed by atoms with Gasteiger partial charge in [-0.2, -0.15) is 13.2 Å². The summed E-state index contributed by atoms with van der Waals surface area (Å²) in [5.41, 5.74) is -0.197. The summed E-state index contributed by atoms with van der Waals surface area (Å²) < 4.78 is 64.8. The first-order valence-corrected chi connectivity index (χ1v) is 8.29. The van der Waals surface area contributed by atoms with Gasteiger partial charge < -0.3 is 0 Å². The zero-order chi connectivity index (χ0) is 17.4. The summed E-state index contributed by atoms with van der Waals surface area (Å²) in [6.07, 6.45) is -2.99. The predicted octanol–water partition coefficient (Wildman–Crippen LogP) is 4.05. The molecule has 1 N–H and O–H groups in total. The van der Waals surface area contributed by atoms with Crippen LogP contribution in [0.15, 0.2) is 65.7 Å². The van der Waals surface area contributed by atoms with Crippen molar-refractivity contribution < 1.29 is 21.6 Å². The molecule has 8 heteroatoms. The maximum atomic E-state index is 12.6. The van der Waals surface area contributed by atoms with Gasteiger partial charge in [0.25, 0.3) is 10.0 Å². The molecule has 1 aromatic heterocycles. The van der Waals surface area contributed by atoms with Crippen LogP contribution in [0.25, 0.3) is 10.9 Å². The molecule has 0 spiro atoms. The molecule has 0 aliphatic carbocycles. The SMILES string of the molecule is O=S(=O)(Nc1cccc2cccnc12)c1ccc(C(F)(F)F)cc1. The summed E-state index contributed by atoms with van der Waals surface area (Å²) in [6.45, 7) is 0.